The molecule has 2 unspecified atom stereocenters. The lowest BCUT2D eigenvalue weighted by Crippen LogP contribution is -2.40. The molecule has 2 atom stereocenters. The van der Waals surface area contributed by atoms with Crippen molar-refractivity contribution in [1.82, 2.24) is 10.6 Å². The normalized spacial score (nSPS) is 17.4. The van der Waals surface area contributed by atoms with Crippen LogP contribution in [-0.4, -0.2) is 25.0 Å². The predicted molar refractivity (Wildman–Crippen MR) is 97.9 cm³/mol. The summed E-state index contributed by atoms with van der Waals surface area (Å²) >= 11 is 6.03. The standard InChI is InChI=1S/C18H18ClFN2O2.ClH/c19-15-10-13(20)6-7-16(15)24-17(12-4-2-1-3-5-12)18(23)22-14-8-9-21-11-14;/h1-7,10,14,17,21H,8-9,11H2,(H,22,23);1H. The van der Waals surface area contributed by atoms with E-state index >= 15 is 0 Å². The molecule has 1 aliphatic rings. The minimum atomic E-state index is -0.852. The summed E-state index contributed by atoms with van der Waals surface area (Å²) in [5, 5.41) is 6.32. The van der Waals surface area contributed by atoms with Gasteiger partial charge in [0.25, 0.3) is 5.91 Å². The number of rotatable bonds is 5. The summed E-state index contributed by atoms with van der Waals surface area (Å²) in [6, 6.07) is 13.1. The highest BCUT2D eigenvalue weighted by atomic mass is 35.5. The lowest BCUT2D eigenvalue weighted by Gasteiger charge is -2.22. The van der Waals surface area contributed by atoms with Gasteiger partial charge in [-0.3, -0.25) is 4.79 Å². The first-order valence-electron chi connectivity index (χ1n) is 7.81. The molecule has 1 heterocycles. The highest BCUT2D eigenvalue weighted by Gasteiger charge is 2.27. The van der Waals surface area contributed by atoms with E-state index in [0.29, 0.717) is 5.56 Å². The van der Waals surface area contributed by atoms with E-state index in [1.807, 2.05) is 30.3 Å². The first-order chi connectivity index (χ1) is 11.6. The molecule has 1 aliphatic heterocycles. The first kappa shape index (κ1) is 19.5. The second-order valence-electron chi connectivity index (χ2n) is 5.68. The highest BCUT2D eigenvalue weighted by Crippen LogP contribution is 2.30. The van der Waals surface area contributed by atoms with E-state index in [0.717, 1.165) is 25.6 Å². The third-order valence-electron chi connectivity index (χ3n) is 3.89. The van der Waals surface area contributed by atoms with Gasteiger partial charge in [-0.15, -0.1) is 12.4 Å². The molecule has 0 aliphatic carbocycles. The maximum absolute atomic E-state index is 13.2. The smallest absolute Gasteiger partial charge is 0.266 e. The van der Waals surface area contributed by atoms with Crippen molar-refractivity contribution >= 4 is 29.9 Å². The molecule has 0 radical (unpaired) electrons. The minimum absolute atomic E-state index is 0. The molecule has 4 nitrogen and oxygen atoms in total. The number of nitrogens with one attached hydrogen (secondary N) is 2. The Morgan fingerprint density at radius 1 is 1.28 bits per heavy atom. The van der Waals surface area contributed by atoms with Crippen molar-refractivity contribution < 1.29 is 13.9 Å². The van der Waals surface area contributed by atoms with Gasteiger partial charge in [-0.2, -0.15) is 0 Å². The Hall–Kier alpha value is -1.82. The van der Waals surface area contributed by atoms with Crippen molar-refractivity contribution in [2.75, 3.05) is 13.1 Å². The number of ether oxygens (including phenoxy) is 1. The third-order valence-corrected chi connectivity index (χ3v) is 4.18. The molecule has 25 heavy (non-hydrogen) atoms. The maximum Gasteiger partial charge on any atom is 0.266 e. The molecule has 2 aromatic carbocycles. The average Bonchev–Trinajstić information content (AvgIpc) is 3.08. The van der Waals surface area contributed by atoms with E-state index in [4.69, 9.17) is 16.3 Å². The molecule has 2 N–H and O–H groups in total. The van der Waals surface area contributed by atoms with Crippen LogP contribution in [-0.2, 0) is 4.79 Å². The van der Waals surface area contributed by atoms with Crippen LogP contribution in [0.15, 0.2) is 48.5 Å². The fourth-order valence-corrected chi connectivity index (χ4v) is 2.87. The Morgan fingerprint density at radius 3 is 2.68 bits per heavy atom. The molecule has 1 saturated heterocycles. The summed E-state index contributed by atoms with van der Waals surface area (Å²) < 4.78 is 19.0. The van der Waals surface area contributed by atoms with Crippen LogP contribution in [0, 0.1) is 5.82 Å². The number of carbonyl (C=O) groups excluding carboxylic acids is 1. The summed E-state index contributed by atoms with van der Waals surface area (Å²) in [5.74, 6) is -0.424. The van der Waals surface area contributed by atoms with Crippen molar-refractivity contribution in [2.24, 2.45) is 0 Å². The Labute approximate surface area is 157 Å². The van der Waals surface area contributed by atoms with Crippen LogP contribution in [0.2, 0.25) is 5.02 Å². The van der Waals surface area contributed by atoms with Gasteiger partial charge in [-0.1, -0.05) is 41.9 Å². The number of halogens is 3. The summed E-state index contributed by atoms with van der Waals surface area (Å²) in [6.07, 6.45) is 0.0274. The van der Waals surface area contributed by atoms with Gasteiger partial charge in [-0.05, 0) is 31.2 Å². The van der Waals surface area contributed by atoms with Crippen LogP contribution < -0.4 is 15.4 Å². The fraction of sp³-hybridized carbons (Fsp3) is 0.278. The zero-order valence-electron chi connectivity index (χ0n) is 13.4. The van der Waals surface area contributed by atoms with Gasteiger partial charge in [0.05, 0.1) is 5.02 Å². The van der Waals surface area contributed by atoms with Crippen LogP contribution in [0.4, 0.5) is 4.39 Å². The number of carbonyl (C=O) groups is 1. The number of hydrogen-bond acceptors (Lipinski definition) is 3. The molecule has 7 heteroatoms. The monoisotopic (exact) mass is 384 g/mol. The Kier molecular flexibility index (Phi) is 7.05. The van der Waals surface area contributed by atoms with Crippen LogP contribution >= 0.6 is 24.0 Å². The van der Waals surface area contributed by atoms with E-state index in [2.05, 4.69) is 10.6 Å². The zero-order chi connectivity index (χ0) is 16.9. The van der Waals surface area contributed by atoms with Crippen LogP contribution in [0.1, 0.15) is 18.1 Å². The van der Waals surface area contributed by atoms with Crippen LogP contribution in [0.5, 0.6) is 5.75 Å². The molecule has 134 valence electrons. The van der Waals surface area contributed by atoms with E-state index in [9.17, 15) is 9.18 Å². The summed E-state index contributed by atoms with van der Waals surface area (Å²) in [7, 11) is 0. The van der Waals surface area contributed by atoms with Gasteiger partial charge in [0, 0.05) is 18.2 Å². The molecule has 0 spiro atoms. The van der Waals surface area contributed by atoms with Crippen molar-refractivity contribution in [3.8, 4) is 5.75 Å². The quantitative estimate of drug-likeness (QED) is 0.829. The lowest BCUT2D eigenvalue weighted by molar-refractivity contribution is -0.128. The van der Waals surface area contributed by atoms with E-state index in [1.165, 1.54) is 12.1 Å². The SMILES string of the molecule is Cl.O=C(NC1CCNC1)C(Oc1ccc(F)cc1Cl)c1ccccc1. The molecule has 2 aromatic rings. The molecule has 3 rings (SSSR count). The number of hydrogen-bond donors (Lipinski definition) is 2. The van der Waals surface area contributed by atoms with E-state index in [1.54, 1.807) is 0 Å². The molecule has 1 amide bonds. The fourth-order valence-electron chi connectivity index (χ4n) is 2.65. The molecular weight excluding hydrogens is 366 g/mol. The van der Waals surface area contributed by atoms with E-state index < -0.39 is 11.9 Å². The second kappa shape index (κ2) is 9.04. The summed E-state index contributed by atoms with van der Waals surface area (Å²) in [6.45, 7) is 1.62. The predicted octanol–water partition coefficient (Wildman–Crippen LogP) is 3.50. The molecular formula is C18H19Cl2FN2O2. The second-order valence-corrected chi connectivity index (χ2v) is 6.09. The zero-order valence-corrected chi connectivity index (χ0v) is 14.9. The Morgan fingerprint density at radius 2 is 2.04 bits per heavy atom. The Balaban J connectivity index is 0.00000225. The summed E-state index contributed by atoms with van der Waals surface area (Å²) in [5.41, 5.74) is 0.710. The van der Waals surface area contributed by atoms with Crippen molar-refractivity contribution in [1.29, 1.82) is 0 Å². The minimum Gasteiger partial charge on any atom is -0.474 e. The van der Waals surface area contributed by atoms with E-state index in [-0.39, 0.29) is 35.1 Å². The lowest BCUT2D eigenvalue weighted by atomic mass is 10.1. The van der Waals surface area contributed by atoms with Crippen molar-refractivity contribution in [3.63, 3.8) is 0 Å². The van der Waals surface area contributed by atoms with Crippen molar-refractivity contribution in [3.05, 3.63) is 64.9 Å². The average molecular weight is 385 g/mol. The highest BCUT2D eigenvalue weighted by molar-refractivity contribution is 6.32. The molecule has 0 saturated carbocycles. The van der Waals surface area contributed by atoms with Gasteiger partial charge in [-0.25, -0.2) is 4.39 Å². The van der Waals surface area contributed by atoms with Gasteiger partial charge in [0.2, 0.25) is 6.10 Å². The number of amides is 1. The molecule has 1 fully saturated rings. The van der Waals surface area contributed by atoms with Crippen LogP contribution in [0.25, 0.3) is 0 Å². The van der Waals surface area contributed by atoms with Gasteiger partial charge in [0.15, 0.2) is 0 Å². The third kappa shape index (κ3) is 5.08. The van der Waals surface area contributed by atoms with Crippen LogP contribution in [0.3, 0.4) is 0 Å². The molecule has 0 bridgehead atoms. The van der Waals surface area contributed by atoms with Gasteiger partial charge < -0.3 is 15.4 Å². The first-order valence-corrected chi connectivity index (χ1v) is 8.19. The van der Waals surface area contributed by atoms with Gasteiger partial charge in [0.1, 0.15) is 11.6 Å². The molecule has 0 aromatic heterocycles. The summed E-state index contributed by atoms with van der Waals surface area (Å²) in [4.78, 5) is 12.7. The maximum atomic E-state index is 13.2. The number of benzene rings is 2. The van der Waals surface area contributed by atoms with Crippen molar-refractivity contribution in [2.45, 2.75) is 18.6 Å². The topological polar surface area (TPSA) is 50.4 Å². The largest absolute Gasteiger partial charge is 0.474 e. The Bertz CT molecular complexity index is 709. The van der Waals surface area contributed by atoms with Gasteiger partial charge >= 0.3 is 0 Å².